The Kier molecular flexibility index (Phi) is 5.81. The predicted molar refractivity (Wildman–Crippen MR) is 120 cm³/mol. The summed E-state index contributed by atoms with van der Waals surface area (Å²) in [5, 5.41) is 2.46. The Balaban J connectivity index is 1.62. The number of hydrogen-bond donors (Lipinski definition) is 1. The fourth-order valence-electron chi connectivity index (χ4n) is 4.99. The summed E-state index contributed by atoms with van der Waals surface area (Å²) in [6.07, 6.45) is 2.34. The van der Waals surface area contributed by atoms with Gasteiger partial charge in [0, 0.05) is 30.5 Å². The fraction of sp³-hybridized carbons (Fsp3) is 0.625. The first-order chi connectivity index (χ1) is 15.1. The molecule has 3 amide bonds. The molecule has 0 radical (unpaired) electrons. The van der Waals surface area contributed by atoms with Crippen molar-refractivity contribution in [2.75, 3.05) is 31.1 Å². The van der Waals surface area contributed by atoms with Crippen LogP contribution in [0.5, 0.6) is 5.75 Å². The third-order valence-corrected chi connectivity index (χ3v) is 6.47. The van der Waals surface area contributed by atoms with Crippen molar-refractivity contribution in [2.24, 2.45) is 0 Å². The molecule has 8 nitrogen and oxygen atoms in total. The predicted octanol–water partition coefficient (Wildman–Crippen LogP) is 2.98. The normalized spacial score (nSPS) is 26.2. The highest BCUT2D eigenvalue weighted by Gasteiger charge is 2.41. The number of amides is 3. The third kappa shape index (κ3) is 4.40. The van der Waals surface area contributed by atoms with Gasteiger partial charge in [-0.15, -0.1) is 0 Å². The van der Waals surface area contributed by atoms with E-state index >= 15 is 0 Å². The number of anilines is 1. The van der Waals surface area contributed by atoms with Crippen LogP contribution in [0.4, 0.5) is 10.5 Å². The van der Waals surface area contributed by atoms with Crippen LogP contribution in [0.25, 0.3) is 0 Å². The number of fused-ring (bicyclic) bond motifs is 1. The summed E-state index contributed by atoms with van der Waals surface area (Å²) in [5.74, 6) is 0.307. The van der Waals surface area contributed by atoms with Crippen molar-refractivity contribution in [3.05, 3.63) is 23.8 Å². The van der Waals surface area contributed by atoms with Crippen LogP contribution in [0, 0.1) is 0 Å². The second-order valence-corrected chi connectivity index (χ2v) is 10.2. The van der Waals surface area contributed by atoms with Gasteiger partial charge in [0.05, 0.1) is 12.2 Å². The first-order valence-corrected chi connectivity index (χ1v) is 11.4. The minimum absolute atomic E-state index is 0.217. The van der Waals surface area contributed by atoms with Crippen LogP contribution < -0.4 is 15.0 Å². The van der Waals surface area contributed by atoms with Crippen LogP contribution in [0.3, 0.4) is 0 Å². The zero-order valence-corrected chi connectivity index (χ0v) is 19.4. The maximum atomic E-state index is 12.7. The number of rotatable bonds is 2. The van der Waals surface area contributed by atoms with Gasteiger partial charge in [0.2, 0.25) is 11.8 Å². The van der Waals surface area contributed by atoms with E-state index in [2.05, 4.69) is 23.2 Å². The molecule has 1 unspecified atom stereocenters. The molecule has 174 valence electrons. The fourth-order valence-corrected chi connectivity index (χ4v) is 4.99. The van der Waals surface area contributed by atoms with Crippen molar-refractivity contribution >= 4 is 23.6 Å². The number of likely N-dealkylation sites (tertiary alicyclic amines) is 1. The highest BCUT2D eigenvalue weighted by molar-refractivity contribution is 6.02. The minimum atomic E-state index is -0.539. The highest BCUT2D eigenvalue weighted by Crippen LogP contribution is 2.45. The average Bonchev–Trinajstić information content (AvgIpc) is 2.72. The number of nitrogens with one attached hydrogen (secondary N) is 1. The molecule has 0 bridgehead atoms. The first-order valence-electron chi connectivity index (χ1n) is 11.4. The summed E-state index contributed by atoms with van der Waals surface area (Å²) in [6, 6.07) is 5.63. The SMILES string of the molecule is CC(C)(C)OC(=O)N1CCC[C@@](C)(c2cccc3c2OCCN3C2CCC(=O)NC2=O)C1. The molecular formula is C24H33N3O5. The smallest absolute Gasteiger partial charge is 0.410 e. The molecule has 3 heterocycles. The van der Waals surface area contributed by atoms with Gasteiger partial charge in [-0.3, -0.25) is 14.9 Å². The lowest BCUT2D eigenvalue weighted by Gasteiger charge is -2.44. The van der Waals surface area contributed by atoms with Crippen molar-refractivity contribution < 1.29 is 23.9 Å². The van der Waals surface area contributed by atoms with Gasteiger partial charge in [-0.1, -0.05) is 19.1 Å². The maximum Gasteiger partial charge on any atom is 0.410 e. The van der Waals surface area contributed by atoms with E-state index in [1.807, 2.05) is 32.9 Å². The average molecular weight is 444 g/mol. The maximum absolute atomic E-state index is 12.7. The molecule has 2 atom stereocenters. The molecule has 1 N–H and O–H groups in total. The van der Waals surface area contributed by atoms with E-state index in [1.54, 1.807) is 4.90 Å². The van der Waals surface area contributed by atoms with Crippen LogP contribution in [0.15, 0.2) is 18.2 Å². The number of para-hydroxylation sites is 1. The number of carbonyl (C=O) groups is 3. The molecule has 0 saturated carbocycles. The van der Waals surface area contributed by atoms with Gasteiger partial charge in [0.15, 0.2) is 0 Å². The molecule has 0 spiro atoms. The van der Waals surface area contributed by atoms with E-state index in [4.69, 9.17) is 9.47 Å². The molecule has 1 aromatic carbocycles. The number of piperidine rings is 2. The van der Waals surface area contributed by atoms with Gasteiger partial charge in [-0.2, -0.15) is 0 Å². The summed E-state index contributed by atoms with van der Waals surface area (Å²) < 4.78 is 11.8. The Labute approximate surface area is 189 Å². The van der Waals surface area contributed by atoms with Crippen LogP contribution in [-0.2, 0) is 19.7 Å². The van der Waals surface area contributed by atoms with Crippen LogP contribution in [0.1, 0.15) is 58.9 Å². The molecule has 8 heteroatoms. The Bertz CT molecular complexity index is 925. The molecule has 0 aliphatic carbocycles. The van der Waals surface area contributed by atoms with Crippen LogP contribution in [-0.4, -0.2) is 60.7 Å². The summed E-state index contributed by atoms with van der Waals surface area (Å²) in [7, 11) is 0. The van der Waals surface area contributed by atoms with E-state index in [1.165, 1.54) is 0 Å². The number of hydrogen-bond acceptors (Lipinski definition) is 6. The van der Waals surface area contributed by atoms with Gasteiger partial charge in [0.25, 0.3) is 0 Å². The van der Waals surface area contributed by atoms with Crippen LogP contribution in [0.2, 0.25) is 0 Å². The molecule has 3 aliphatic heterocycles. The second kappa shape index (κ2) is 8.30. The van der Waals surface area contributed by atoms with E-state index in [-0.39, 0.29) is 29.4 Å². The third-order valence-electron chi connectivity index (χ3n) is 6.47. The quantitative estimate of drug-likeness (QED) is 0.707. The Morgan fingerprint density at radius 2 is 2.03 bits per heavy atom. The molecule has 0 aromatic heterocycles. The molecule has 4 rings (SSSR count). The van der Waals surface area contributed by atoms with E-state index in [0.29, 0.717) is 39.1 Å². The van der Waals surface area contributed by atoms with Gasteiger partial charge in [0.1, 0.15) is 24.0 Å². The Morgan fingerprint density at radius 3 is 2.75 bits per heavy atom. The van der Waals surface area contributed by atoms with Gasteiger partial charge >= 0.3 is 6.09 Å². The Morgan fingerprint density at radius 1 is 1.25 bits per heavy atom. The summed E-state index contributed by atoms with van der Waals surface area (Å²) in [4.78, 5) is 40.7. The molecule has 1 aromatic rings. The minimum Gasteiger partial charge on any atom is -0.489 e. The largest absolute Gasteiger partial charge is 0.489 e. The van der Waals surface area contributed by atoms with Gasteiger partial charge in [-0.05, 0) is 46.1 Å². The van der Waals surface area contributed by atoms with E-state index in [0.717, 1.165) is 29.8 Å². The van der Waals surface area contributed by atoms with Gasteiger partial charge < -0.3 is 19.3 Å². The van der Waals surface area contributed by atoms with Crippen molar-refractivity contribution in [3.63, 3.8) is 0 Å². The summed E-state index contributed by atoms with van der Waals surface area (Å²) >= 11 is 0. The standard InChI is InChI=1S/C24H33N3O5/c1-23(2,3)32-22(30)26-12-6-11-24(4,15-26)16-7-5-8-17-20(16)31-14-13-27(17)18-9-10-19(28)25-21(18)29/h5,7-8,18H,6,9-15H2,1-4H3,(H,25,28,29)/t18?,24-/m1/s1. The van der Waals surface area contributed by atoms with Crippen molar-refractivity contribution in [1.82, 2.24) is 10.2 Å². The zero-order valence-electron chi connectivity index (χ0n) is 19.4. The van der Waals surface area contributed by atoms with Crippen molar-refractivity contribution in [2.45, 2.75) is 70.4 Å². The lowest BCUT2D eigenvalue weighted by Crippen LogP contribution is -2.54. The lowest BCUT2D eigenvalue weighted by molar-refractivity contribution is -0.134. The van der Waals surface area contributed by atoms with Crippen molar-refractivity contribution in [3.8, 4) is 5.75 Å². The summed E-state index contributed by atoms with van der Waals surface area (Å²) in [6.45, 7) is 10.0. The zero-order chi connectivity index (χ0) is 23.1. The van der Waals surface area contributed by atoms with Gasteiger partial charge in [-0.25, -0.2) is 4.79 Å². The molecule has 3 aliphatic rings. The number of imide groups is 1. The number of nitrogens with zero attached hydrogens (tertiary/aromatic N) is 2. The van der Waals surface area contributed by atoms with E-state index in [9.17, 15) is 14.4 Å². The molecular weight excluding hydrogens is 410 g/mol. The topological polar surface area (TPSA) is 88.2 Å². The van der Waals surface area contributed by atoms with Crippen molar-refractivity contribution in [1.29, 1.82) is 0 Å². The first kappa shape index (κ1) is 22.4. The monoisotopic (exact) mass is 443 g/mol. The molecule has 2 saturated heterocycles. The number of ether oxygens (including phenoxy) is 2. The number of benzene rings is 1. The molecule has 2 fully saturated rings. The van der Waals surface area contributed by atoms with Crippen LogP contribution >= 0.6 is 0 Å². The summed E-state index contributed by atoms with van der Waals surface area (Å²) in [5.41, 5.74) is 1.08. The second-order valence-electron chi connectivity index (χ2n) is 10.2. The Hall–Kier alpha value is -2.77. The number of carbonyl (C=O) groups excluding carboxylic acids is 3. The van der Waals surface area contributed by atoms with E-state index < -0.39 is 5.60 Å². The highest BCUT2D eigenvalue weighted by atomic mass is 16.6. The molecule has 32 heavy (non-hydrogen) atoms. The lowest BCUT2D eigenvalue weighted by atomic mass is 9.75.